The molecule has 4 heteroatoms. The van der Waals surface area contributed by atoms with Crippen molar-refractivity contribution in [1.29, 1.82) is 0 Å². The van der Waals surface area contributed by atoms with Crippen LogP contribution in [0.15, 0.2) is 146 Å². The first-order valence-corrected chi connectivity index (χ1v) is 16.1. The van der Waals surface area contributed by atoms with Crippen molar-refractivity contribution in [2.45, 2.75) is 13.8 Å². The van der Waals surface area contributed by atoms with Gasteiger partial charge in [-0.3, -0.25) is 0 Å². The Morgan fingerprint density at radius 1 is 0.417 bits per heavy atom. The highest BCUT2D eigenvalue weighted by Crippen LogP contribution is 2.43. The van der Waals surface area contributed by atoms with Crippen LogP contribution < -0.4 is 20.9 Å². The summed E-state index contributed by atoms with van der Waals surface area (Å²) in [6.07, 6.45) is 0. The molecule has 0 bridgehead atoms. The SMILES string of the molecule is Cc1cc(N)ccc1Oc1ccc(-c2ccc3c(ccc4c5ccccc5ccc34)c2-c2ccc(Oc3ccc(N)cc3C)cc2)cc1. The van der Waals surface area contributed by atoms with Gasteiger partial charge in [-0.15, -0.1) is 0 Å². The molecule has 0 radical (unpaired) electrons. The van der Waals surface area contributed by atoms with Crippen molar-refractivity contribution >= 4 is 43.7 Å². The van der Waals surface area contributed by atoms with Crippen LogP contribution in [0.5, 0.6) is 23.0 Å². The molecular formula is C44H34N2O2. The van der Waals surface area contributed by atoms with E-state index in [1.165, 1.54) is 37.9 Å². The number of ether oxygens (including phenoxy) is 2. The van der Waals surface area contributed by atoms with Gasteiger partial charge in [0, 0.05) is 11.4 Å². The smallest absolute Gasteiger partial charge is 0.130 e. The van der Waals surface area contributed by atoms with Gasteiger partial charge in [-0.25, -0.2) is 0 Å². The van der Waals surface area contributed by atoms with Gasteiger partial charge < -0.3 is 20.9 Å². The summed E-state index contributed by atoms with van der Waals surface area (Å²) in [6, 6.07) is 50.1. The fourth-order valence-electron chi connectivity index (χ4n) is 6.68. The Balaban J connectivity index is 1.24. The van der Waals surface area contributed by atoms with Crippen molar-refractivity contribution < 1.29 is 9.47 Å². The van der Waals surface area contributed by atoms with Gasteiger partial charge in [0.05, 0.1) is 0 Å². The number of hydrogen-bond acceptors (Lipinski definition) is 4. The summed E-state index contributed by atoms with van der Waals surface area (Å²) in [4.78, 5) is 0. The van der Waals surface area contributed by atoms with E-state index < -0.39 is 0 Å². The van der Waals surface area contributed by atoms with Gasteiger partial charge in [-0.2, -0.15) is 0 Å². The van der Waals surface area contributed by atoms with Gasteiger partial charge in [0.2, 0.25) is 0 Å². The van der Waals surface area contributed by atoms with Crippen molar-refractivity contribution in [2.24, 2.45) is 0 Å². The van der Waals surface area contributed by atoms with E-state index in [0.717, 1.165) is 62.2 Å². The lowest BCUT2D eigenvalue weighted by atomic mass is 9.87. The fourth-order valence-corrected chi connectivity index (χ4v) is 6.68. The molecule has 0 fully saturated rings. The van der Waals surface area contributed by atoms with Crippen LogP contribution in [0.25, 0.3) is 54.6 Å². The van der Waals surface area contributed by atoms with Crippen LogP contribution >= 0.6 is 0 Å². The minimum atomic E-state index is 0.721. The highest BCUT2D eigenvalue weighted by atomic mass is 16.5. The summed E-state index contributed by atoms with van der Waals surface area (Å²) in [5.41, 5.74) is 19.9. The Bertz CT molecular complexity index is 2480. The number of benzene rings is 8. The molecule has 0 atom stereocenters. The largest absolute Gasteiger partial charge is 0.457 e. The minimum Gasteiger partial charge on any atom is -0.457 e. The van der Waals surface area contributed by atoms with Gasteiger partial charge in [0.25, 0.3) is 0 Å². The first-order valence-electron chi connectivity index (χ1n) is 16.1. The third-order valence-electron chi connectivity index (χ3n) is 9.08. The summed E-state index contributed by atoms with van der Waals surface area (Å²) in [7, 11) is 0. The first kappa shape index (κ1) is 29.2. The van der Waals surface area contributed by atoms with Crippen LogP contribution in [0.1, 0.15) is 11.1 Å². The van der Waals surface area contributed by atoms with Gasteiger partial charge in [0.1, 0.15) is 23.0 Å². The molecule has 8 aromatic carbocycles. The third kappa shape index (κ3) is 5.33. The molecule has 0 aliphatic carbocycles. The van der Waals surface area contributed by atoms with E-state index in [1.807, 2.05) is 74.5 Å². The van der Waals surface area contributed by atoms with Gasteiger partial charge >= 0.3 is 0 Å². The maximum atomic E-state index is 6.26. The van der Waals surface area contributed by atoms with Crippen molar-refractivity contribution in [2.75, 3.05) is 11.5 Å². The summed E-state index contributed by atoms with van der Waals surface area (Å²) in [5, 5.41) is 7.39. The summed E-state index contributed by atoms with van der Waals surface area (Å²) in [5.74, 6) is 3.12. The number of nitrogens with two attached hydrogens (primary N) is 2. The predicted octanol–water partition coefficient (Wildman–Crippen LogP) is 11.8. The molecule has 0 saturated heterocycles. The quantitative estimate of drug-likeness (QED) is 0.143. The molecule has 8 rings (SSSR count). The Kier molecular flexibility index (Phi) is 7.19. The molecule has 8 aromatic rings. The van der Waals surface area contributed by atoms with Gasteiger partial charge in [-0.05, 0) is 140 Å². The minimum absolute atomic E-state index is 0.721. The van der Waals surface area contributed by atoms with Crippen molar-refractivity contribution in [3.63, 3.8) is 0 Å². The molecule has 48 heavy (non-hydrogen) atoms. The molecule has 0 heterocycles. The molecule has 0 aliphatic heterocycles. The monoisotopic (exact) mass is 622 g/mol. The lowest BCUT2D eigenvalue weighted by Crippen LogP contribution is -1.92. The highest BCUT2D eigenvalue weighted by Gasteiger charge is 2.16. The van der Waals surface area contributed by atoms with Gasteiger partial charge in [-0.1, -0.05) is 84.9 Å². The normalized spacial score (nSPS) is 11.3. The molecule has 0 amide bonds. The number of aryl methyl sites for hydroxylation is 2. The lowest BCUT2D eigenvalue weighted by Gasteiger charge is -2.17. The van der Waals surface area contributed by atoms with E-state index in [0.29, 0.717) is 0 Å². The van der Waals surface area contributed by atoms with Crippen LogP contribution in [-0.4, -0.2) is 0 Å². The summed E-state index contributed by atoms with van der Waals surface area (Å²) in [6.45, 7) is 4.00. The standard InChI is InChI=1S/C44H34N2O2/c1-27-25-32(45)12-23-42(27)47-34-14-7-30(8-15-34)37-19-20-40-39-18-11-29-5-3-4-6-36(29)38(39)21-22-41(40)44(37)31-9-16-35(17-10-31)48-43-24-13-33(46)26-28(43)2/h3-26H,45-46H2,1-2H3. The van der Waals surface area contributed by atoms with Crippen LogP contribution in [0.3, 0.4) is 0 Å². The predicted molar refractivity (Wildman–Crippen MR) is 201 cm³/mol. The van der Waals surface area contributed by atoms with Crippen LogP contribution in [0, 0.1) is 13.8 Å². The zero-order chi connectivity index (χ0) is 32.8. The number of fused-ring (bicyclic) bond motifs is 5. The second-order valence-corrected chi connectivity index (χ2v) is 12.3. The van der Waals surface area contributed by atoms with Crippen molar-refractivity contribution in [3.8, 4) is 45.3 Å². The molecule has 0 aliphatic rings. The average Bonchev–Trinajstić information content (AvgIpc) is 3.10. The molecule has 0 aromatic heterocycles. The topological polar surface area (TPSA) is 70.5 Å². The molecule has 0 unspecified atom stereocenters. The van der Waals surface area contributed by atoms with E-state index in [2.05, 4.69) is 84.9 Å². The molecule has 4 N–H and O–H groups in total. The number of nitrogen functional groups attached to an aromatic ring is 2. The lowest BCUT2D eigenvalue weighted by molar-refractivity contribution is 0.479. The van der Waals surface area contributed by atoms with E-state index in [4.69, 9.17) is 20.9 Å². The van der Waals surface area contributed by atoms with E-state index >= 15 is 0 Å². The number of hydrogen-bond donors (Lipinski definition) is 2. The van der Waals surface area contributed by atoms with E-state index in [-0.39, 0.29) is 0 Å². The van der Waals surface area contributed by atoms with E-state index in [9.17, 15) is 0 Å². The van der Waals surface area contributed by atoms with Crippen molar-refractivity contribution in [3.05, 3.63) is 157 Å². The average molecular weight is 623 g/mol. The Morgan fingerprint density at radius 2 is 0.917 bits per heavy atom. The van der Waals surface area contributed by atoms with Crippen molar-refractivity contribution in [1.82, 2.24) is 0 Å². The zero-order valence-electron chi connectivity index (χ0n) is 26.8. The Morgan fingerprint density at radius 3 is 1.54 bits per heavy atom. The molecular weight excluding hydrogens is 588 g/mol. The van der Waals surface area contributed by atoms with Crippen LogP contribution in [0.4, 0.5) is 11.4 Å². The second-order valence-electron chi connectivity index (χ2n) is 12.3. The first-order chi connectivity index (χ1) is 23.4. The summed E-state index contributed by atoms with van der Waals surface area (Å²) >= 11 is 0. The molecule has 0 saturated carbocycles. The molecule has 232 valence electrons. The van der Waals surface area contributed by atoms with Crippen LogP contribution in [-0.2, 0) is 0 Å². The number of rotatable bonds is 6. The van der Waals surface area contributed by atoms with Gasteiger partial charge in [0.15, 0.2) is 0 Å². The zero-order valence-corrected chi connectivity index (χ0v) is 26.8. The molecule has 4 nitrogen and oxygen atoms in total. The maximum Gasteiger partial charge on any atom is 0.130 e. The Labute approximate surface area is 279 Å². The fraction of sp³-hybridized carbons (Fsp3) is 0.0455. The highest BCUT2D eigenvalue weighted by molar-refractivity contribution is 6.20. The van der Waals surface area contributed by atoms with E-state index in [1.54, 1.807) is 0 Å². The third-order valence-corrected chi connectivity index (χ3v) is 9.08. The maximum absolute atomic E-state index is 6.26. The Hall–Kier alpha value is -6.26. The second kappa shape index (κ2) is 11.8. The summed E-state index contributed by atoms with van der Waals surface area (Å²) < 4.78 is 12.5. The number of anilines is 2. The van der Waals surface area contributed by atoms with Crippen LogP contribution in [0.2, 0.25) is 0 Å². The molecule has 0 spiro atoms.